The number of aromatic nitrogens is 4. The van der Waals surface area contributed by atoms with Crippen LogP contribution in [0.5, 0.6) is 0 Å². The number of pyridine rings is 1. The van der Waals surface area contributed by atoms with E-state index < -0.39 is 6.04 Å². The number of carbonyl (C=O) groups excluding carboxylic acids is 1. The lowest BCUT2D eigenvalue weighted by atomic mass is 10.0. The number of benzene rings is 2. The van der Waals surface area contributed by atoms with E-state index in [0.29, 0.717) is 42.0 Å². The van der Waals surface area contributed by atoms with Crippen LogP contribution < -0.4 is 5.56 Å². The van der Waals surface area contributed by atoms with E-state index in [1.54, 1.807) is 33.1 Å². The largest absolute Gasteiger partial charge is 0.338 e. The second-order valence-electron chi connectivity index (χ2n) is 11.2. The molecule has 2 aliphatic heterocycles. The molecule has 218 valence electrons. The number of rotatable bonds is 6. The second-order valence-corrected chi connectivity index (χ2v) is 13.0. The Kier molecular flexibility index (Phi) is 8.20. The first-order valence-electron chi connectivity index (χ1n) is 14.0. The molecule has 2 aromatic carbocycles. The smallest absolute Gasteiger partial charge is 0.252 e. The van der Waals surface area contributed by atoms with Crippen molar-refractivity contribution in [3.05, 3.63) is 98.0 Å². The Hall–Kier alpha value is -3.11. The van der Waals surface area contributed by atoms with Gasteiger partial charge in [0, 0.05) is 49.1 Å². The van der Waals surface area contributed by atoms with Gasteiger partial charge in [-0.15, -0.1) is 16.9 Å². The normalized spacial score (nSPS) is 20.6. The average Bonchev–Trinajstić information content (AvgIpc) is 3.60. The maximum atomic E-state index is 13.9. The molecule has 4 heterocycles. The fraction of sp³-hybridized carbons (Fsp3) is 0.355. The first-order valence-corrected chi connectivity index (χ1v) is 15.8. The Labute approximate surface area is 259 Å². The molecule has 42 heavy (non-hydrogen) atoms. The molecule has 0 spiro atoms. The third-order valence-electron chi connectivity index (χ3n) is 8.11. The molecule has 1 fully saturated rings. The molecule has 0 radical (unpaired) electrons. The van der Waals surface area contributed by atoms with E-state index in [2.05, 4.69) is 41.2 Å². The Morgan fingerprint density at radius 2 is 1.74 bits per heavy atom. The SMILES string of the molecule is Cc1cc(=O)n2c(c1-c1ccccc1)SCC2C(=O)N1C[C@@H](C)N(Cc2cn(Cc3ccc(Cl)c(Cl)c3)nn2)[C@@H](C)C1. The molecule has 2 aliphatic rings. The predicted octanol–water partition coefficient (Wildman–Crippen LogP) is 5.54. The zero-order chi connectivity index (χ0) is 29.5. The molecule has 0 bridgehead atoms. The van der Waals surface area contributed by atoms with Crippen molar-refractivity contribution in [1.82, 2.24) is 29.4 Å². The molecule has 0 N–H and O–H groups in total. The molecule has 6 rings (SSSR count). The van der Waals surface area contributed by atoms with Crippen molar-refractivity contribution < 1.29 is 4.79 Å². The Morgan fingerprint density at radius 3 is 2.45 bits per heavy atom. The summed E-state index contributed by atoms with van der Waals surface area (Å²) in [5, 5.41) is 10.6. The summed E-state index contributed by atoms with van der Waals surface area (Å²) >= 11 is 13.8. The van der Waals surface area contributed by atoms with E-state index in [4.69, 9.17) is 23.2 Å². The molecule has 0 saturated carbocycles. The first kappa shape index (κ1) is 29.0. The van der Waals surface area contributed by atoms with Gasteiger partial charge in [-0.3, -0.25) is 19.1 Å². The number of aryl methyl sites for hydroxylation is 1. The number of halogens is 2. The van der Waals surface area contributed by atoms with Crippen LogP contribution in [0.25, 0.3) is 11.1 Å². The molecule has 1 saturated heterocycles. The van der Waals surface area contributed by atoms with Gasteiger partial charge in [0.2, 0.25) is 5.91 Å². The highest BCUT2D eigenvalue weighted by molar-refractivity contribution is 7.99. The molecule has 4 aromatic rings. The minimum atomic E-state index is -0.507. The van der Waals surface area contributed by atoms with Crippen LogP contribution in [0.4, 0.5) is 0 Å². The molecule has 3 atom stereocenters. The highest BCUT2D eigenvalue weighted by Gasteiger charge is 2.39. The fourth-order valence-electron chi connectivity index (χ4n) is 6.08. The van der Waals surface area contributed by atoms with Crippen LogP contribution in [0.15, 0.2) is 70.6 Å². The van der Waals surface area contributed by atoms with Gasteiger partial charge in [-0.2, -0.15) is 0 Å². The zero-order valence-corrected chi connectivity index (χ0v) is 26.0. The molecular weight excluding hydrogens is 591 g/mol. The van der Waals surface area contributed by atoms with Crippen LogP contribution in [-0.2, 0) is 17.9 Å². The van der Waals surface area contributed by atoms with Crippen LogP contribution in [0.2, 0.25) is 10.0 Å². The van der Waals surface area contributed by atoms with Crippen LogP contribution in [-0.4, -0.2) is 66.2 Å². The number of amides is 1. The number of piperazine rings is 1. The Balaban J connectivity index is 1.15. The molecule has 0 aliphatic carbocycles. The summed E-state index contributed by atoms with van der Waals surface area (Å²) in [4.78, 5) is 31.4. The molecular formula is C31H32Cl2N6O2S. The van der Waals surface area contributed by atoms with Crippen molar-refractivity contribution in [3.63, 3.8) is 0 Å². The van der Waals surface area contributed by atoms with Gasteiger partial charge in [0.1, 0.15) is 6.04 Å². The van der Waals surface area contributed by atoms with Gasteiger partial charge in [0.05, 0.1) is 33.5 Å². The van der Waals surface area contributed by atoms with E-state index in [0.717, 1.165) is 33.0 Å². The Morgan fingerprint density at radius 1 is 1.00 bits per heavy atom. The van der Waals surface area contributed by atoms with E-state index in [1.165, 1.54) is 0 Å². The maximum absolute atomic E-state index is 13.9. The molecule has 2 aromatic heterocycles. The van der Waals surface area contributed by atoms with Gasteiger partial charge in [0.25, 0.3) is 5.56 Å². The van der Waals surface area contributed by atoms with Gasteiger partial charge in [-0.1, -0.05) is 64.8 Å². The second kappa shape index (κ2) is 11.9. The van der Waals surface area contributed by atoms with Crippen LogP contribution >= 0.6 is 35.0 Å². The number of nitrogens with zero attached hydrogens (tertiary/aromatic N) is 6. The lowest BCUT2D eigenvalue weighted by Crippen LogP contribution is -2.58. The average molecular weight is 624 g/mol. The van der Waals surface area contributed by atoms with Crippen LogP contribution in [0.1, 0.15) is 36.7 Å². The van der Waals surface area contributed by atoms with E-state index in [9.17, 15) is 9.59 Å². The number of thioether (sulfide) groups is 1. The minimum Gasteiger partial charge on any atom is -0.338 e. The minimum absolute atomic E-state index is 0.0112. The third-order valence-corrected chi connectivity index (χ3v) is 10.0. The molecule has 8 nitrogen and oxygen atoms in total. The quantitative estimate of drug-likeness (QED) is 0.281. The summed E-state index contributed by atoms with van der Waals surface area (Å²) in [6.07, 6.45) is 1.95. The lowest BCUT2D eigenvalue weighted by Gasteiger charge is -2.44. The Bertz CT molecular complexity index is 1680. The van der Waals surface area contributed by atoms with E-state index >= 15 is 0 Å². The van der Waals surface area contributed by atoms with Crippen molar-refractivity contribution >= 4 is 40.9 Å². The van der Waals surface area contributed by atoms with Crippen molar-refractivity contribution in [3.8, 4) is 11.1 Å². The summed E-state index contributed by atoms with van der Waals surface area (Å²) < 4.78 is 3.51. The highest BCUT2D eigenvalue weighted by atomic mass is 35.5. The van der Waals surface area contributed by atoms with Gasteiger partial charge in [0.15, 0.2) is 0 Å². The number of hydrogen-bond acceptors (Lipinski definition) is 6. The van der Waals surface area contributed by atoms with Gasteiger partial charge < -0.3 is 4.90 Å². The van der Waals surface area contributed by atoms with Crippen molar-refractivity contribution in [2.24, 2.45) is 0 Å². The zero-order valence-electron chi connectivity index (χ0n) is 23.7. The van der Waals surface area contributed by atoms with Crippen molar-refractivity contribution in [2.45, 2.75) is 57.0 Å². The number of fused-ring (bicyclic) bond motifs is 1. The summed E-state index contributed by atoms with van der Waals surface area (Å²) in [6.45, 7) is 8.59. The van der Waals surface area contributed by atoms with Gasteiger partial charge in [-0.25, -0.2) is 4.68 Å². The van der Waals surface area contributed by atoms with Crippen LogP contribution in [0.3, 0.4) is 0 Å². The topological polar surface area (TPSA) is 76.3 Å². The van der Waals surface area contributed by atoms with Crippen molar-refractivity contribution in [2.75, 3.05) is 18.8 Å². The lowest BCUT2D eigenvalue weighted by molar-refractivity contribution is -0.138. The van der Waals surface area contributed by atoms with Crippen molar-refractivity contribution in [1.29, 1.82) is 0 Å². The predicted molar refractivity (Wildman–Crippen MR) is 167 cm³/mol. The maximum Gasteiger partial charge on any atom is 0.252 e. The standard InChI is InChI=1S/C31H32Cl2N6O2S/c1-19-11-28(40)39-27(18-42-31(39)29(19)23-7-5-4-6-8-23)30(41)36-13-20(2)38(21(3)14-36)17-24-16-37(35-34-24)15-22-9-10-25(32)26(33)12-22/h4-12,16,20-21,27H,13-15,17-18H2,1-3H3/t20-,21+,27?. The summed E-state index contributed by atoms with van der Waals surface area (Å²) in [5.74, 6) is 0.569. The molecule has 1 amide bonds. The van der Waals surface area contributed by atoms with Gasteiger partial charge in [-0.05, 0) is 49.6 Å². The third kappa shape index (κ3) is 5.63. The summed E-state index contributed by atoms with van der Waals surface area (Å²) in [6, 6.07) is 17.0. The van der Waals surface area contributed by atoms with Gasteiger partial charge >= 0.3 is 0 Å². The monoisotopic (exact) mass is 622 g/mol. The fourth-order valence-corrected chi connectivity index (χ4v) is 7.79. The summed E-state index contributed by atoms with van der Waals surface area (Å²) in [7, 11) is 0. The first-order chi connectivity index (χ1) is 20.2. The molecule has 11 heteroatoms. The highest BCUT2D eigenvalue weighted by Crippen LogP contribution is 2.41. The van der Waals surface area contributed by atoms with E-state index in [1.807, 2.05) is 48.4 Å². The van der Waals surface area contributed by atoms with Crippen LogP contribution in [0, 0.1) is 6.92 Å². The number of carbonyl (C=O) groups is 1. The van der Waals surface area contributed by atoms with E-state index in [-0.39, 0.29) is 23.6 Å². The summed E-state index contributed by atoms with van der Waals surface area (Å²) in [5.41, 5.74) is 4.77. The molecule has 1 unspecified atom stereocenters. The number of hydrogen-bond donors (Lipinski definition) is 0.